The first-order chi connectivity index (χ1) is 10.7. The maximum Gasteiger partial charge on any atom is 0.122 e. The molecule has 0 saturated carbocycles. The highest BCUT2D eigenvalue weighted by Crippen LogP contribution is 2.27. The van der Waals surface area contributed by atoms with Crippen molar-refractivity contribution in [1.29, 1.82) is 0 Å². The fraction of sp³-hybridized carbons (Fsp3) is 0.500. The fourth-order valence-corrected chi connectivity index (χ4v) is 3.20. The molecule has 1 aliphatic heterocycles. The van der Waals surface area contributed by atoms with Gasteiger partial charge in [0.1, 0.15) is 5.75 Å². The van der Waals surface area contributed by atoms with Crippen LogP contribution in [0.1, 0.15) is 24.5 Å². The predicted octanol–water partition coefficient (Wildman–Crippen LogP) is 2.98. The van der Waals surface area contributed by atoms with E-state index < -0.39 is 0 Å². The lowest BCUT2D eigenvalue weighted by molar-refractivity contribution is 0.235. The molecular formula is C18H25N3O. The number of benzene rings is 1. The smallest absolute Gasteiger partial charge is 0.122 e. The third-order valence-electron chi connectivity index (χ3n) is 4.30. The van der Waals surface area contributed by atoms with Gasteiger partial charge in [-0.05, 0) is 44.4 Å². The van der Waals surface area contributed by atoms with Gasteiger partial charge >= 0.3 is 0 Å². The maximum absolute atomic E-state index is 5.86. The lowest BCUT2D eigenvalue weighted by Gasteiger charge is -2.22. The third-order valence-corrected chi connectivity index (χ3v) is 4.30. The summed E-state index contributed by atoms with van der Waals surface area (Å²) < 4.78 is 7.85. The minimum atomic E-state index is 0.648. The molecule has 0 radical (unpaired) electrons. The highest BCUT2D eigenvalue weighted by Gasteiger charge is 2.19. The van der Waals surface area contributed by atoms with Gasteiger partial charge in [0.2, 0.25) is 0 Å². The Morgan fingerprint density at radius 2 is 2.23 bits per heavy atom. The molecule has 0 fully saturated rings. The van der Waals surface area contributed by atoms with Crippen molar-refractivity contribution in [3.8, 4) is 5.75 Å². The number of fused-ring (bicyclic) bond motifs is 1. The summed E-state index contributed by atoms with van der Waals surface area (Å²) in [6.07, 6.45) is 6.34. The molecule has 22 heavy (non-hydrogen) atoms. The third kappa shape index (κ3) is 3.69. The van der Waals surface area contributed by atoms with Crippen LogP contribution in [-0.2, 0) is 19.5 Å². The van der Waals surface area contributed by atoms with E-state index in [2.05, 4.69) is 54.4 Å². The first-order valence-corrected chi connectivity index (χ1v) is 8.15. The van der Waals surface area contributed by atoms with Crippen molar-refractivity contribution in [2.75, 3.05) is 20.2 Å². The summed E-state index contributed by atoms with van der Waals surface area (Å²) in [5.41, 5.74) is 2.63. The highest BCUT2D eigenvalue weighted by molar-refractivity contribution is 5.34. The first-order valence-electron chi connectivity index (χ1n) is 8.15. The van der Waals surface area contributed by atoms with Gasteiger partial charge in [0.05, 0.1) is 12.8 Å². The summed E-state index contributed by atoms with van der Waals surface area (Å²) >= 11 is 0. The molecule has 0 amide bonds. The van der Waals surface area contributed by atoms with Gasteiger partial charge in [-0.2, -0.15) is 5.10 Å². The zero-order valence-corrected chi connectivity index (χ0v) is 13.5. The Kier molecular flexibility index (Phi) is 4.78. The van der Waals surface area contributed by atoms with Crippen LogP contribution in [0.15, 0.2) is 36.7 Å². The molecule has 1 aliphatic rings. The van der Waals surface area contributed by atoms with E-state index in [1.54, 1.807) is 0 Å². The number of aromatic nitrogens is 2. The van der Waals surface area contributed by atoms with Gasteiger partial charge in [-0.3, -0.25) is 4.68 Å². The molecule has 2 heterocycles. The minimum Gasteiger partial charge on any atom is -0.493 e. The quantitative estimate of drug-likeness (QED) is 0.850. The van der Waals surface area contributed by atoms with Crippen LogP contribution < -0.4 is 4.74 Å². The number of hydrogen-bond donors (Lipinski definition) is 0. The summed E-state index contributed by atoms with van der Waals surface area (Å²) in [6.45, 7) is 5.92. The molecule has 0 bridgehead atoms. The second-order valence-corrected chi connectivity index (χ2v) is 6.22. The number of ether oxygens (including phenoxy) is 1. The minimum absolute atomic E-state index is 0.648. The zero-order valence-electron chi connectivity index (χ0n) is 13.5. The Morgan fingerprint density at radius 3 is 3.05 bits per heavy atom. The average Bonchev–Trinajstić information content (AvgIpc) is 2.86. The zero-order chi connectivity index (χ0) is 15.4. The lowest BCUT2D eigenvalue weighted by atomic mass is 9.96. The van der Waals surface area contributed by atoms with E-state index in [0.717, 1.165) is 44.8 Å². The molecule has 1 aromatic heterocycles. The second-order valence-electron chi connectivity index (χ2n) is 6.22. The van der Waals surface area contributed by atoms with Gasteiger partial charge in [0.15, 0.2) is 0 Å². The molecule has 1 aromatic carbocycles. The highest BCUT2D eigenvalue weighted by atomic mass is 16.5. The van der Waals surface area contributed by atoms with Gasteiger partial charge in [0, 0.05) is 31.4 Å². The first kappa shape index (κ1) is 15.1. The van der Waals surface area contributed by atoms with E-state index in [1.807, 2.05) is 10.9 Å². The summed E-state index contributed by atoms with van der Waals surface area (Å²) in [5, 5.41) is 4.35. The Labute approximate surface area is 132 Å². The summed E-state index contributed by atoms with van der Waals surface area (Å²) in [5.74, 6) is 1.71. The SMILES string of the molecule is CCn1cc(CN(C)C[C@@H]2CCOc3ccccc3C2)cn1. The Balaban J connectivity index is 1.58. The van der Waals surface area contributed by atoms with Crippen molar-refractivity contribution in [2.45, 2.75) is 32.9 Å². The van der Waals surface area contributed by atoms with Crippen molar-refractivity contribution in [2.24, 2.45) is 5.92 Å². The van der Waals surface area contributed by atoms with Crippen LogP contribution in [0.3, 0.4) is 0 Å². The normalized spacial score (nSPS) is 17.9. The summed E-state index contributed by atoms with van der Waals surface area (Å²) in [6, 6.07) is 8.43. The van der Waals surface area contributed by atoms with E-state index in [9.17, 15) is 0 Å². The average molecular weight is 299 g/mol. The van der Waals surface area contributed by atoms with Crippen LogP contribution in [0.25, 0.3) is 0 Å². The molecular weight excluding hydrogens is 274 g/mol. The van der Waals surface area contributed by atoms with Crippen molar-refractivity contribution in [1.82, 2.24) is 14.7 Å². The topological polar surface area (TPSA) is 30.3 Å². The van der Waals surface area contributed by atoms with Gasteiger partial charge in [-0.15, -0.1) is 0 Å². The van der Waals surface area contributed by atoms with E-state index in [0.29, 0.717) is 5.92 Å². The standard InChI is InChI=1S/C18H25N3O/c1-3-21-14-16(11-19-21)13-20(2)12-15-8-9-22-18-7-5-4-6-17(18)10-15/h4-7,11,14-15H,3,8-10,12-13H2,1-2H3/t15-/m1/s1. The van der Waals surface area contributed by atoms with Crippen molar-refractivity contribution >= 4 is 0 Å². The molecule has 118 valence electrons. The molecule has 2 aromatic rings. The largest absolute Gasteiger partial charge is 0.493 e. The summed E-state index contributed by atoms with van der Waals surface area (Å²) in [7, 11) is 2.20. The number of nitrogens with zero attached hydrogens (tertiary/aromatic N) is 3. The lowest BCUT2D eigenvalue weighted by Crippen LogP contribution is -2.26. The molecule has 0 unspecified atom stereocenters. The van der Waals surface area contributed by atoms with Crippen molar-refractivity contribution in [3.05, 3.63) is 47.8 Å². The van der Waals surface area contributed by atoms with Crippen LogP contribution in [0.5, 0.6) is 5.75 Å². The van der Waals surface area contributed by atoms with Gasteiger partial charge in [-0.25, -0.2) is 0 Å². The van der Waals surface area contributed by atoms with Crippen LogP contribution in [0.4, 0.5) is 0 Å². The van der Waals surface area contributed by atoms with Crippen LogP contribution in [0, 0.1) is 5.92 Å². The summed E-state index contributed by atoms with van der Waals surface area (Å²) in [4.78, 5) is 2.40. The van der Waals surface area contributed by atoms with Crippen LogP contribution in [-0.4, -0.2) is 34.9 Å². The molecule has 4 heteroatoms. The Bertz CT molecular complexity index is 608. The molecule has 4 nitrogen and oxygen atoms in total. The van der Waals surface area contributed by atoms with Gasteiger partial charge in [-0.1, -0.05) is 18.2 Å². The molecule has 3 rings (SSSR count). The molecule has 0 spiro atoms. The molecule has 0 aliphatic carbocycles. The molecule has 0 N–H and O–H groups in total. The molecule has 0 saturated heterocycles. The van der Waals surface area contributed by atoms with Gasteiger partial charge < -0.3 is 9.64 Å². The number of aryl methyl sites for hydroxylation is 1. The molecule has 1 atom stereocenters. The maximum atomic E-state index is 5.86. The van der Waals surface area contributed by atoms with E-state index in [-0.39, 0.29) is 0 Å². The van der Waals surface area contributed by atoms with Crippen molar-refractivity contribution in [3.63, 3.8) is 0 Å². The predicted molar refractivity (Wildman–Crippen MR) is 88.0 cm³/mol. The van der Waals surface area contributed by atoms with Gasteiger partial charge in [0.25, 0.3) is 0 Å². The monoisotopic (exact) mass is 299 g/mol. The van der Waals surface area contributed by atoms with E-state index >= 15 is 0 Å². The van der Waals surface area contributed by atoms with Crippen LogP contribution >= 0.6 is 0 Å². The Hall–Kier alpha value is -1.81. The van der Waals surface area contributed by atoms with Crippen LogP contribution in [0.2, 0.25) is 0 Å². The Morgan fingerprint density at radius 1 is 1.36 bits per heavy atom. The number of hydrogen-bond acceptors (Lipinski definition) is 3. The van der Waals surface area contributed by atoms with E-state index in [4.69, 9.17) is 4.74 Å². The van der Waals surface area contributed by atoms with Crippen molar-refractivity contribution < 1.29 is 4.74 Å². The fourth-order valence-electron chi connectivity index (χ4n) is 3.20. The number of rotatable bonds is 5. The second kappa shape index (κ2) is 6.97. The van der Waals surface area contributed by atoms with E-state index in [1.165, 1.54) is 11.1 Å². The number of para-hydroxylation sites is 1.